The van der Waals surface area contributed by atoms with E-state index in [1.165, 1.54) is 19.3 Å². The van der Waals surface area contributed by atoms with E-state index in [4.69, 9.17) is 0 Å². The third-order valence-electron chi connectivity index (χ3n) is 4.17. The molecule has 0 heterocycles. The summed E-state index contributed by atoms with van der Waals surface area (Å²) >= 11 is 0. The number of hydrogen-bond acceptors (Lipinski definition) is 2. The molecule has 3 N–H and O–H groups in total. The van der Waals surface area contributed by atoms with Gasteiger partial charge in [-0.15, -0.1) is 0 Å². The molecule has 1 fully saturated rings. The van der Waals surface area contributed by atoms with Crippen LogP contribution in [0.25, 0.3) is 0 Å². The third kappa shape index (κ3) is 3.62. The highest BCUT2D eigenvalue weighted by molar-refractivity contribution is 5.78. The van der Waals surface area contributed by atoms with E-state index in [0.29, 0.717) is 25.3 Å². The van der Waals surface area contributed by atoms with E-state index in [2.05, 4.69) is 10.6 Å². The van der Waals surface area contributed by atoms with Gasteiger partial charge in [0.15, 0.2) is 0 Å². The van der Waals surface area contributed by atoms with Gasteiger partial charge in [-0.1, -0.05) is 20.3 Å². The van der Waals surface area contributed by atoms with Gasteiger partial charge < -0.3 is 15.7 Å². The molecule has 0 radical (unpaired) electrons. The van der Waals surface area contributed by atoms with Gasteiger partial charge in [0, 0.05) is 13.1 Å². The van der Waals surface area contributed by atoms with E-state index in [1.54, 1.807) is 0 Å². The van der Waals surface area contributed by atoms with Crippen LogP contribution in [0, 0.1) is 11.3 Å². The van der Waals surface area contributed by atoms with E-state index in [-0.39, 0.29) is 12.6 Å². The molecule has 5 heteroatoms. The van der Waals surface area contributed by atoms with Crippen LogP contribution in [-0.4, -0.2) is 30.2 Å². The fourth-order valence-corrected chi connectivity index (χ4v) is 2.12. The van der Waals surface area contributed by atoms with E-state index >= 15 is 0 Å². The summed E-state index contributed by atoms with van der Waals surface area (Å²) < 4.78 is 0. The van der Waals surface area contributed by atoms with E-state index in [1.807, 2.05) is 13.8 Å². The zero-order chi connectivity index (χ0) is 13.6. The molecule has 5 nitrogen and oxygen atoms in total. The van der Waals surface area contributed by atoms with Crippen LogP contribution >= 0.6 is 0 Å². The number of nitrogens with one attached hydrogen (secondary N) is 2. The van der Waals surface area contributed by atoms with Crippen LogP contribution in [-0.2, 0) is 4.79 Å². The number of aliphatic carboxylic acids is 1. The predicted molar refractivity (Wildman–Crippen MR) is 69.4 cm³/mol. The second-order valence-electron chi connectivity index (χ2n) is 5.15. The number of carboxylic acid groups (broad SMARTS) is 1. The zero-order valence-corrected chi connectivity index (χ0v) is 11.3. The largest absolute Gasteiger partial charge is 0.481 e. The van der Waals surface area contributed by atoms with Gasteiger partial charge in [-0.2, -0.15) is 0 Å². The van der Waals surface area contributed by atoms with Crippen LogP contribution in [0.15, 0.2) is 0 Å². The van der Waals surface area contributed by atoms with Gasteiger partial charge in [-0.05, 0) is 31.6 Å². The molecule has 0 atom stereocenters. The minimum absolute atomic E-state index is 0.186. The standard InChI is InChI=1S/C13H24N2O3/c1-3-13(4-2,11(16)17)9-15-12(18)14-8-10-6-5-7-10/h10H,3-9H2,1-2H3,(H,16,17)(H2,14,15,18). The lowest BCUT2D eigenvalue weighted by molar-refractivity contribution is -0.149. The molecule has 0 unspecified atom stereocenters. The van der Waals surface area contributed by atoms with E-state index in [0.717, 1.165) is 0 Å². The first-order valence-electron chi connectivity index (χ1n) is 6.79. The van der Waals surface area contributed by atoms with Gasteiger partial charge in [-0.25, -0.2) is 4.79 Å². The summed E-state index contributed by atoms with van der Waals surface area (Å²) in [4.78, 5) is 22.8. The van der Waals surface area contributed by atoms with Gasteiger partial charge in [0.1, 0.15) is 0 Å². The summed E-state index contributed by atoms with van der Waals surface area (Å²) in [5.41, 5.74) is -0.839. The maximum atomic E-state index is 11.6. The summed E-state index contributed by atoms with van der Waals surface area (Å²) in [5.74, 6) is -0.232. The van der Waals surface area contributed by atoms with Gasteiger partial charge in [-0.3, -0.25) is 4.79 Å². The molecule has 0 spiro atoms. The highest BCUT2D eigenvalue weighted by atomic mass is 16.4. The quantitative estimate of drug-likeness (QED) is 0.651. The number of carboxylic acids is 1. The molecular weight excluding hydrogens is 232 g/mol. The van der Waals surface area contributed by atoms with Gasteiger partial charge >= 0.3 is 12.0 Å². The second kappa shape index (κ2) is 6.61. The second-order valence-corrected chi connectivity index (χ2v) is 5.15. The molecule has 1 aliphatic rings. The number of hydrogen-bond donors (Lipinski definition) is 3. The Morgan fingerprint density at radius 1 is 1.22 bits per heavy atom. The minimum Gasteiger partial charge on any atom is -0.481 e. The fraction of sp³-hybridized carbons (Fsp3) is 0.846. The van der Waals surface area contributed by atoms with Crippen molar-refractivity contribution in [3.05, 3.63) is 0 Å². The fourth-order valence-electron chi connectivity index (χ4n) is 2.12. The summed E-state index contributed by atoms with van der Waals surface area (Å²) in [6.45, 7) is 4.56. The number of rotatable bonds is 7. The van der Waals surface area contributed by atoms with Crippen LogP contribution in [0.1, 0.15) is 46.0 Å². The Hall–Kier alpha value is -1.26. The molecule has 1 aliphatic carbocycles. The SMILES string of the molecule is CCC(CC)(CNC(=O)NCC1CCC1)C(=O)O. The molecule has 1 saturated carbocycles. The molecule has 0 aliphatic heterocycles. The Morgan fingerprint density at radius 3 is 2.22 bits per heavy atom. The van der Waals surface area contributed by atoms with Crippen molar-refractivity contribution in [3.8, 4) is 0 Å². The normalized spacial score (nSPS) is 15.9. The molecule has 1 rings (SSSR count). The lowest BCUT2D eigenvalue weighted by atomic mass is 9.82. The smallest absolute Gasteiger partial charge is 0.314 e. The summed E-state index contributed by atoms with van der Waals surface area (Å²) in [6.07, 6.45) is 4.65. The summed E-state index contributed by atoms with van der Waals surface area (Å²) in [7, 11) is 0. The number of carbonyl (C=O) groups is 2. The van der Waals surface area contributed by atoms with Gasteiger partial charge in [0.2, 0.25) is 0 Å². The molecule has 2 amide bonds. The molecule has 18 heavy (non-hydrogen) atoms. The van der Waals surface area contributed by atoms with Crippen molar-refractivity contribution >= 4 is 12.0 Å². The maximum Gasteiger partial charge on any atom is 0.314 e. The average molecular weight is 256 g/mol. The van der Waals surface area contributed by atoms with Crippen LogP contribution < -0.4 is 10.6 Å². The maximum absolute atomic E-state index is 11.6. The highest BCUT2D eigenvalue weighted by Gasteiger charge is 2.35. The molecule has 104 valence electrons. The van der Waals surface area contributed by atoms with Crippen LogP contribution in [0.4, 0.5) is 4.79 Å². The Balaban J connectivity index is 2.31. The van der Waals surface area contributed by atoms with Crippen LogP contribution in [0.5, 0.6) is 0 Å². The molecule has 0 bridgehead atoms. The first-order valence-corrected chi connectivity index (χ1v) is 6.79. The topological polar surface area (TPSA) is 78.4 Å². The number of carbonyl (C=O) groups excluding carboxylic acids is 1. The molecule has 0 aromatic carbocycles. The van der Waals surface area contributed by atoms with Crippen LogP contribution in [0.3, 0.4) is 0 Å². The summed E-state index contributed by atoms with van der Waals surface area (Å²) in [5, 5.41) is 14.7. The number of urea groups is 1. The first kappa shape index (κ1) is 14.8. The van der Waals surface area contributed by atoms with Crippen molar-refractivity contribution in [3.63, 3.8) is 0 Å². The minimum atomic E-state index is -0.841. The molecule has 0 aromatic rings. The van der Waals surface area contributed by atoms with Crippen molar-refractivity contribution in [2.75, 3.05) is 13.1 Å². The monoisotopic (exact) mass is 256 g/mol. The predicted octanol–water partition coefficient (Wildman–Crippen LogP) is 1.98. The molecule has 0 aromatic heterocycles. The van der Waals surface area contributed by atoms with E-state index in [9.17, 15) is 14.7 Å². The number of amides is 2. The van der Waals surface area contributed by atoms with E-state index < -0.39 is 11.4 Å². The zero-order valence-electron chi connectivity index (χ0n) is 11.3. The highest BCUT2D eigenvalue weighted by Crippen LogP contribution is 2.26. The molecular formula is C13H24N2O3. The van der Waals surface area contributed by atoms with Crippen molar-refractivity contribution in [2.45, 2.75) is 46.0 Å². The van der Waals surface area contributed by atoms with Crippen molar-refractivity contribution in [2.24, 2.45) is 11.3 Å². The molecule has 0 saturated heterocycles. The lowest BCUT2D eigenvalue weighted by Crippen LogP contribution is -2.47. The average Bonchev–Trinajstić information content (AvgIpc) is 2.28. The Morgan fingerprint density at radius 2 is 1.83 bits per heavy atom. The van der Waals surface area contributed by atoms with Crippen molar-refractivity contribution < 1.29 is 14.7 Å². The van der Waals surface area contributed by atoms with Gasteiger partial charge in [0.25, 0.3) is 0 Å². The van der Waals surface area contributed by atoms with Crippen molar-refractivity contribution in [1.82, 2.24) is 10.6 Å². The Labute approximate surface area is 108 Å². The third-order valence-corrected chi connectivity index (χ3v) is 4.17. The first-order chi connectivity index (χ1) is 8.54. The van der Waals surface area contributed by atoms with Gasteiger partial charge in [0.05, 0.1) is 5.41 Å². The lowest BCUT2D eigenvalue weighted by Gasteiger charge is -2.28. The van der Waals surface area contributed by atoms with Crippen molar-refractivity contribution in [1.29, 1.82) is 0 Å². The Kier molecular flexibility index (Phi) is 5.44. The Bertz CT molecular complexity index is 297. The van der Waals surface area contributed by atoms with Crippen LogP contribution in [0.2, 0.25) is 0 Å². The summed E-state index contributed by atoms with van der Waals surface area (Å²) in [6, 6.07) is -0.255.